The summed E-state index contributed by atoms with van der Waals surface area (Å²) in [6.45, 7) is 1.17. The van der Waals surface area contributed by atoms with Crippen molar-refractivity contribution in [2.45, 2.75) is 5.75 Å². The standard InChI is InChI=1S/C12H16N2O2S3/c13-12(17)11-4-2-1-3-10(11)9-19(15,16)14-5-7-18-8-6-14/h1-4H,5-9H2,(H2,13,17). The molecular weight excluding hydrogens is 300 g/mol. The van der Waals surface area contributed by atoms with Gasteiger partial charge in [-0.2, -0.15) is 16.1 Å². The van der Waals surface area contributed by atoms with Crippen molar-refractivity contribution in [1.29, 1.82) is 0 Å². The highest BCUT2D eigenvalue weighted by Crippen LogP contribution is 2.19. The molecule has 1 aliphatic heterocycles. The second kappa shape index (κ2) is 6.21. The van der Waals surface area contributed by atoms with Crippen molar-refractivity contribution in [3.05, 3.63) is 35.4 Å². The maximum absolute atomic E-state index is 12.4. The highest BCUT2D eigenvalue weighted by molar-refractivity contribution is 7.99. The molecule has 104 valence electrons. The van der Waals surface area contributed by atoms with Crippen molar-refractivity contribution >= 4 is 39.0 Å². The van der Waals surface area contributed by atoms with Crippen molar-refractivity contribution in [3.8, 4) is 0 Å². The van der Waals surface area contributed by atoms with Crippen molar-refractivity contribution in [1.82, 2.24) is 4.31 Å². The number of rotatable bonds is 4. The van der Waals surface area contributed by atoms with Crippen molar-refractivity contribution in [2.24, 2.45) is 5.73 Å². The third-order valence-corrected chi connectivity index (χ3v) is 5.97. The molecular formula is C12H16N2O2S3. The van der Waals surface area contributed by atoms with Crippen LogP contribution in [0.5, 0.6) is 0 Å². The molecule has 1 aromatic rings. The van der Waals surface area contributed by atoms with Gasteiger partial charge in [0.15, 0.2) is 0 Å². The highest BCUT2D eigenvalue weighted by atomic mass is 32.2. The quantitative estimate of drug-likeness (QED) is 0.846. The van der Waals surface area contributed by atoms with Gasteiger partial charge in [-0.15, -0.1) is 0 Å². The van der Waals surface area contributed by atoms with E-state index in [2.05, 4.69) is 0 Å². The molecule has 0 aliphatic carbocycles. The Morgan fingerprint density at radius 3 is 2.58 bits per heavy atom. The van der Waals surface area contributed by atoms with Crippen LogP contribution >= 0.6 is 24.0 Å². The van der Waals surface area contributed by atoms with E-state index in [1.54, 1.807) is 34.3 Å². The maximum atomic E-state index is 12.4. The lowest BCUT2D eigenvalue weighted by atomic mass is 10.1. The first-order valence-corrected chi connectivity index (χ1v) is 9.11. The fraction of sp³-hybridized carbons (Fsp3) is 0.417. The largest absolute Gasteiger partial charge is 0.389 e. The molecule has 2 N–H and O–H groups in total. The highest BCUT2D eigenvalue weighted by Gasteiger charge is 2.25. The maximum Gasteiger partial charge on any atom is 0.218 e. The van der Waals surface area contributed by atoms with Crippen LogP contribution in [0.3, 0.4) is 0 Å². The van der Waals surface area contributed by atoms with Gasteiger partial charge in [-0.05, 0) is 5.56 Å². The second-order valence-electron chi connectivity index (χ2n) is 4.29. The Labute approximate surface area is 123 Å². The molecule has 0 atom stereocenters. The summed E-state index contributed by atoms with van der Waals surface area (Å²) >= 11 is 6.74. The third kappa shape index (κ3) is 3.68. The van der Waals surface area contributed by atoms with Crippen molar-refractivity contribution < 1.29 is 8.42 Å². The molecule has 1 heterocycles. The predicted molar refractivity (Wildman–Crippen MR) is 83.9 cm³/mol. The van der Waals surface area contributed by atoms with Crippen molar-refractivity contribution in [3.63, 3.8) is 0 Å². The van der Waals surface area contributed by atoms with Gasteiger partial charge in [0.1, 0.15) is 4.99 Å². The first kappa shape index (κ1) is 14.8. The molecule has 1 saturated heterocycles. The molecule has 7 heteroatoms. The zero-order valence-corrected chi connectivity index (χ0v) is 12.9. The minimum Gasteiger partial charge on any atom is -0.389 e. The summed E-state index contributed by atoms with van der Waals surface area (Å²) in [5.74, 6) is 1.68. The minimum atomic E-state index is -3.29. The van der Waals surface area contributed by atoms with Crippen LogP contribution in [0.15, 0.2) is 24.3 Å². The molecule has 0 bridgehead atoms. The van der Waals surface area contributed by atoms with E-state index in [-0.39, 0.29) is 10.7 Å². The summed E-state index contributed by atoms with van der Waals surface area (Å²) in [5.41, 5.74) is 6.95. The number of nitrogens with zero attached hydrogens (tertiary/aromatic N) is 1. The summed E-state index contributed by atoms with van der Waals surface area (Å²) in [6.07, 6.45) is 0. The van der Waals surface area contributed by atoms with Crippen molar-refractivity contribution in [2.75, 3.05) is 24.6 Å². The van der Waals surface area contributed by atoms with Gasteiger partial charge in [-0.1, -0.05) is 36.5 Å². The molecule has 0 amide bonds. The van der Waals surface area contributed by atoms with Gasteiger partial charge < -0.3 is 5.73 Å². The Morgan fingerprint density at radius 1 is 1.32 bits per heavy atom. The van der Waals surface area contributed by atoms with Gasteiger partial charge in [-0.25, -0.2) is 8.42 Å². The van der Waals surface area contributed by atoms with Gasteiger partial charge in [0.2, 0.25) is 10.0 Å². The molecule has 0 saturated carbocycles. The van der Waals surface area contributed by atoms with E-state index in [1.165, 1.54) is 0 Å². The fourth-order valence-electron chi connectivity index (χ4n) is 2.00. The van der Waals surface area contributed by atoms with Crippen LogP contribution in [0.25, 0.3) is 0 Å². The second-order valence-corrected chi connectivity index (χ2v) is 7.92. The van der Waals surface area contributed by atoms with E-state index in [1.807, 2.05) is 6.07 Å². The zero-order valence-electron chi connectivity index (χ0n) is 10.4. The molecule has 1 aliphatic rings. The Balaban J connectivity index is 2.22. The summed E-state index contributed by atoms with van der Waals surface area (Å²) in [7, 11) is -3.29. The number of nitrogens with two attached hydrogens (primary N) is 1. The predicted octanol–water partition coefficient (Wildman–Crippen LogP) is 1.20. The molecule has 19 heavy (non-hydrogen) atoms. The number of hydrogen-bond acceptors (Lipinski definition) is 4. The SMILES string of the molecule is NC(=S)c1ccccc1CS(=O)(=O)N1CCSCC1. The lowest BCUT2D eigenvalue weighted by Crippen LogP contribution is -2.38. The van der Waals surface area contributed by atoms with E-state index in [9.17, 15) is 8.42 Å². The average Bonchev–Trinajstić information content (AvgIpc) is 2.39. The van der Waals surface area contributed by atoms with Crippen LogP contribution < -0.4 is 5.73 Å². The van der Waals surface area contributed by atoms with E-state index in [4.69, 9.17) is 18.0 Å². The fourth-order valence-corrected chi connectivity index (χ4v) is 4.90. The molecule has 4 nitrogen and oxygen atoms in total. The number of thioether (sulfide) groups is 1. The Morgan fingerprint density at radius 2 is 1.95 bits per heavy atom. The van der Waals surface area contributed by atoms with E-state index in [0.29, 0.717) is 24.2 Å². The normalized spacial score (nSPS) is 17.3. The molecule has 0 aromatic heterocycles. The Bertz CT molecular complexity index is 566. The minimum absolute atomic E-state index is 0.0365. The van der Waals surface area contributed by atoms with E-state index < -0.39 is 10.0 Å². The smallest absolute Gasteiger partial charge is 0.218 e. The number of benzene rings is 1. The Kier molecular flexibility index (Phi) is 4.83. The molecule has 1 fully saturated rings. The van der Waals surface area contributed by atoms with Gasteiger partial charge in [0, 0.05) is 30.2 Å². The molecule has 1 aromatic carbocycles. The summed E-state index contributed by atoms with van der Waals surface area (Å²) in [4.78, 5) is 0.236. The zero-order chi connectivity index (χ0) is 13.9. The lowest BCUT2D eigenvalue weighted by Gasteiger charge is -2.26. The molecule has 0 unspecified atom stereocenters. The molecule has 2 rings (SSSR count). The summed E-state index contributed by atoms with van der Waals surface area (Å²) in [6, 6.07) is 7.14. The third-order valence-electron chi connectivity index (χ3n) is 2.98. The van der Waals surface area contributed by atoms with Gasteiger partial charge >= 0.3 is 0 Å². The van der Waals surface area contributed by atoms with Gasteiger partial charge in [0.05, 0.1) is 5.75 Å². The van der Waals surface area contributed by atoms with Crippen LogP contribution in [-0.2, 0) is 15.8 Å². The van der Waals surface area contributed by atoms with Crippen LogP contribution in [0.4, 0.5) is 0 Å². The molecule has 0 radical (unpaired) electrons. The number of hydrogen-bond donors (Lipinski definition) is 1. The average molecular weight is 316 g/mol. The van der Waals surface area contributed by atoms with Gasteiger partial charge in [0.25, 0.3) is 0 Å². The summed E-state index contributed by atoms with van der Waals surface area (Å²) in [5, 5.41) is 0. The van der Waals surface area contributed by atoms with Crippen LogP contribution in [0.2, 0.25) is 0 Å². The van der Waals surface area contributed by atoms with E-state index >= 15 is 0 Å². The number of thiocarbonyl (C=S) groups is 1. The van der Waals surface area contributed by atoms with E-state index in [0.717, 1.165) is 11.5 Å². The monoisotopic (exact) mass is 316 g/mol. The topological polar surface area (TPSA) is 63.4 Å². The van der Waals surface area contributed by atoms with Gasteiger partial charge in [-0.3, -0.25) is 0 Å². The Hall–Kier alpha value is -0.630. The van der Waals surface area contributed by atoms with Crippen LogP contribution in [-0.4, -0.2) is 42.3 Å². The lowest BCUT2D eigenvalue weighted by molar-refractivity contribution is 0.443. The number of sulfonamides is 1. The van der Waals surface area contributed by atoms with Crippen LogP contribution in [0.1, 0.15) is 11.1 Å². The first-order chi connectivity index (χ1) is 9.00. The first-order valence-electron chi connectivity index (χ1n) is 5.94. The molecule has 0 spiro atoms. The van der Waals surface area contributed by atoms with Crippen LogP contribution in [0, 0.1) is 0 Å². The summed E-state index contributed by atoms with van der Waals surface area (Å²) < 4.78 is 26.3.